The Morgan fingerprint density at radius 2 is 1.50 bits per heavy atom. The Bertz CT molecular complexity index is 1980. The lowest BCUT2D eigenvalue weighted by molar-refractivity contribution is -0.139. The van der Waals surface area contributed by atoms with E-state index in [9.17, 15) is 24.0 Å². The molecule has 0 saturated carbocycles. The standard InChI is InChI=1S/C40H45ClN4O7/c1-4-5-6-7-8-9-10-11-12-18-25-51-37(48)27-23-24-30(41)32(26-27)43-35(46)33(45-38(49)40(2,3)52-39(45)50)34-42-31-22-17-16-21-29(31)36(47)44(34)28-19-14-13-15-20-28/h13-17,19-24,26,33H,4-12,18,25H2,1-3H3,(H,43,46). The molecule has 0 radical (unpaired) electrons. The largest absolute Gasteiger partial charge is 0.462 e. The van der Waals surface area contributed by atoms with Crippen LogP contribution >= 0.6 is 11.6 Å². The van der Waals surface area contributed by atoms with E-state index in [1.54, 1.807) is 54.6 Å². The first-order valence-electron chi connectivity index (χ1n) is 17.9. The average Bonchev–Trinajstić information content (AvgIpc) is 3.33. The lowest BCUT2D eigenvalue weighted by atomic mass is 10.1. The van der Waals surface area contributed by atoms with Crippen molar-refractivity contribution in [2.75, 3.05) is 11.9 Å². The molecule has 0 aliphatic carbocycles. The minimum atomic E-state index is -1.79. The maximum Gasteiger partial charge on any atom is 0.418 e. The normalized spacial score (nSPS) is 14.3. The van der Waals surface area contributed by atoms with Crippen LogP contribution in [0.15, 0.2) is 77.6 Å². The van der Waals surface area contributed by atoms with Crippen LogP contribution in [0.25, 0.3) is 16.6 Å². The van der Waals surface area contributed by atoms with Gasteiger partial charge in [0.25, 0.3) is 17.4 Å². The summed E-state index contributed by atoms with van der Waals surface area (Å²) in [5.74, 6) is -2.53. The molecule has 4 aromatic rings. The molecule has 11 nitrogen and oxygen atoms in total. The molecule has 1 aliphatic rings. The number of rotatable bonds is 17. The fraction of sp³-hybridized carbons (Fsp3) is 0.400. The maximum absolute atomic E-state index is 14.4. The molecule has 1 fully saturated rings. The van der Waals surface area contributed by atoms with E-state index < -0.39 is 41.1 Å². The minimum Gasteiger partial charge on any atom is -0.462 e. The van der Waals surface area contributed by atoms with Crippen molar-refractivity contribution in [3.63, 3.8) is 0 Å². The maximum atomic E-state index is 14.4. The molecule has 1 unspecified atom stereocenters. The van der Waals surface area contributed by atoms with Crippen molar-refractivity contribution in [2.45, 2.75) is 96.6 Å². The van der Waals surface area contributed by atoms with Gasteiger partial charge >= 0.3 is 12.1 Å². The minimum absolute atomic E-state index is 0.0266. The molecule has 3 aromatic carbocycles. The van der Waals surface area contributed by atoms with Crippen LogP contribution in [0.3, 0.4) is 0 Å². The number of halogens is 1. The number of esters is 1. The van der Waals surface area contributed by atoms with Crippen LogP contribution in [0.1, 0.15) is 107 Å². The van der Waals surface area contributed by atoms with Gasteiger partial charge < -0.3 is 14.8 Å². The summed E-state index contributed by atoms with van der Waals surface area (Å²) in [6.07, 6.45) is 10.4. The van der Waals surface area contributed by atoms with Crippen LogP contribution < -0.4 is 10.9 Å². The zero-order valence-corrected chi connectivity index (χ0v) is 30.6. The number of aromatic nitrogens is 2. The number of cyclic esters (lactones) is 1. The Morgan fingerprint density at radius 3 is 2.15 bits per heavy atom. The first-order valence-corrected chi connectivity index (χ1v) is 18.3. The Kier molecular flexibility index (Phi) is 12.8. The number of carbonyl (C=O) groups excluding carboxylic acids is 4. The molecule has 0 spiro atoms. The van der Waals surface area contributed by atoms with Crippen LogP contribution in [0.5, 0.6) is 0 Å². The lowest BCUT2D eigenvalue weighted by Crippen LogP contribution is -2.45. The van der Waals surface area contributed by atoms with E-state index in [1.807, 2.05) is 0 Å². The third-order valence-electron chi connectivity index (χ3n) is 9.03. The SMILES string of the molecule is CCCCCCCCCCCCOC(=O)c1ccc(Cl)c(NC(=O)C(c2nc3ccccc3c(=O)n2-c2ccccc2)N2C(=O)OC(C)(C)C2=O)c1. The first kappa shape index (κ1) is 38.2. The van der Waals surface area contributed by atoms with Crippen LogP contribution in [0.4, 0.5) is 10.5 Å². The number of carbonyl (C=O) groups is 4. The van der Waals surface area contributed by atoms with E-state index in [1.165, 1.54) is 75.1 Å². The number of unbranched alkanes of at least 4 members (excludes halogenated alkanes) is 9. The molecule has 3 amide bonds. The van der Waals surface area contributed by atoms with Crippen molar-refractivity contribution in [2.24, 2.45) is 0 Å². The first-order chi connectivity index (χ1) is 25.0. The van der Waals surface area contributed by atoms with Gasteiger partial charge in [-0.15, -0.1) is 0 Å². The van der Waals surface area contributed by atoms with Gasteiger partial charge in [-0.05, 0) is 62.7 Å². The second-order valence-corrected chi connectivity index (χ2v) is 13.8. The van der Waals surface area contributed by atoms with E-state index in [2.05, 4.69) is 17.2 Å². The highest BCUT2D eigenvalue weighted by Crippen LogP contribution is 2.34. The molecule has 5 rings (SSSR count). The third-order valence-corrected chi connectivity index (χ3v) is 9.36. The van der Waals surface area contributed by atoms with Gasteiger partial charge in [0.1, 0.15) is 5.82 Å². The highest BCUT2D eigenvalue weighted by molar-refractivity contribution is 6.34. The van der Waals surface area contributed by atoms with E-state index >= 15 is 0 Å². The highest BCUT2D eigenvalue weighted by Gasteiger charge is 2.53. The Labute approximate surface area is 308 Å². The van der Waals surface area contributed by atoms with E-state index in [-0.39, 0.29) is 39.6 Å². The second-order valence-electron chi connectivity index (χ2n) is 13.4. The van der Waals surface area contributed by atoms with E-state index in [0.717, 1.165) is 25.7 Å². The Morgan fingerprint density at radius 1 is 0.865 bits per heavy atom. The summed E-state index contributed by atoms with van der Waals surface area (Å²) in [5, 5.41) is 3.02. The third kappa shape index (κ3) is 8.88. The summed E-state index contributed by atoms with van der Waals surface area (Å²) in [6, 6.07) is 17.5. The second kappa shape index (κ2) is 17.5. The molecule has 12 heteroatoms. The number of amides is 3. The zero-order chi connectivity index (χ0) is 37.3. The fourth-order valence-corrected chi connectivity index (χ4v) is 6.37. The van der Waals surface area contributed by atoms with Crippen LogP contribution in [0, 0.1) is 0 Å². The average molecular weight is 729 g/mol. The van der Waals surface area contributed by atoms with Crippen molar-refractivity contribution in [3.05, 3.63) is 99.6 Å². The van der Waals surface area contributed by atoms with Gasteiger partial charge in [-0.3, -0.25) is 19.0 Å². The summed E-state index contributed by atoms with van der Waals surface area (Å²) in [5.41, 5.74) is -1.35. The number of ether oxygens (including phenoxy) is 2. The van der Waals surface area contributed by atoms with Crippen LogP contribution in [-0.4, -0.2) is 50.5 Å². The smallest absolute Gasteiger partial charge is 0.418 e. The molecule has 1 atom stereocenters. The number of fused-ring (bicyclic) bond motifs is 1. The van der Waals surface area contributed by atoms with Gasteiger partial charge in [0, 0.05) is 0 Å². The summed E-state index contributed by atoms with van der Waals surface area (Å²) in [6.45, 7) is 5.27. The number of para-hydroxylation sites is 2. The quantitative estimate of drug-likeness (QED) is 0.0844. The van der Waals surface area contributed by atoms with E-state index in [0.29, 0.717) is 10.6 Å². The van der Waals surface area contributed by atoms with Gasteiger partial charge in [-0.2, -0.15) is 0 Å². The van der Waals surface area contributed by atoms with Crippen LogP contribution in [0.2, 0.25) is 5.02 Å². The molecular weight excluding hydrogens is 684 g/mol. The molecule has 1 aliphatic heterocycles. The van der Waals surface area contributed by atoms with Gasteiger partial charge in [0.2, 0.25) is 0 Å². The number of hydrogen-bond acceptors (Lipinski definition) is 8. The van der Waals surface area contributed by atoms with Crippen molar-refractivity contribution >= 4 is 52.1 Å². The zero-order valence-electron chi connectivity index (χ0n) is 29.9. The van der Waals surface area contributed by atoms with Crippen molar-refractivity contribution in [1.29, 1.82) is 0 Å². The number of nitrogens with zero attached hydrogens (tertiary/aromatic N) is 3. The Balaban J connectivity index is 1.39. The number of nitrogens with one attached hydrogen (secondary N) is 1. The Hall–Kier alpha value is -5.03. The predicted molar refractivity (Wildman–Crippen MR) is 200 cm³/mol. The highest BCUT2D eigenvalue weighted by atomic mass is 35.5. The molecular formula is C40H45ClN4O7. The lowest BCUT2D eigenvalue weighted by Gasteiger charge is -2.26. The molecule has 1 saturated heterocycles. The number of hydrogen-bond donors (Lipinski definition) is 1. The molecule has 1 N–H and O–H groups in total. The van der Waals surface area contributed by atoms with Crippen molar-refractivity contribution in [1.82, 2.24) is 14.5 Å². The van der Waals surface area contributed by atoms with Gasteiger partial charge in [0.05, 0.1) is 39.5 Å². The van der Waals surface area contributed by atoms with Gasteiger partial charge in [-0.25, -0.2) is 19.5 Å². The number of imide groups is 1. The summed E-state index contributed by atoms with van der Waals surface area (Å²) in [7, 11) is 0. The van der Waals surface area contributed by atoms with Crippen LogP contribution in [-0.2, 0) is 19.1 Å². The van der Waals surface area contributed by atoms with Crippen molar-refractivity contribution in [3.8, 4) is 5.69 Å². The summed E-state index contributed by atoms with van der Waals surface area (Å²) >= 11 is 6.50. The summed E-state index contributed by atoms with van der Waals surface area (Å²) in [4.78, 5) is 73.8. The number of benzene rings is 3. The molecule has 0 bridgehead atoms. The predicted octanol–water partition coefficient (Wildman–Crippen LogP) is 8.55. The molecule has 274 valence electrons. The summed E-state index contributed by atoms with van der Waals surface area (Å²) < 4.78 is 12.1. The fourth-order valence-electron chi connectivity index (χ4n) is 6.20. The number of anilines is 1. The van der Waals surface area contributed by atoms with Crippen molar-refractivity contribution < 1.29 is 28.7 Å². The molecule has 1 aromatic heterocycles. The van der Waals surface area contributed by atoms with Gasteiger partial charge in [-0.1, -0.05) is 107 Å². The van der Waals surface area contributed by atoms with Gasteiger partial charge in [0.15, 0.2) is 11.6 Å². The molecule has 2 heterocycles. The monoisotopic (exact) mass is 728 g/mol. The topological polar surface area (TPSA) is 137 Å². The molecule has 52 heavy (non-hydrogen) atoms. The van der Waals surface area contributed by atoms with E-state index in [4.69, 9.17) is 21.1 Å².